The minimum Gasteiger partial charge on any atom is -0.409 e. The average molecular weight is 172 g/mol. The van der Waals surface area contributed by atoms with E-state index in [4.69, 9.17) is 10.9 Å². The Labute approximate surface area is 72.2 Å². The van der Waals surface area contributed by atoms with Gasteiger partial charge < -0.3 is 16.3 Å². The number of amidine groups is 1. The summed E-state index contributed by atoms with van der Waals surface area (Å²) >= 11 is 0. The van der Waals surface area contributed by atoms with Gasteiger partial charge in [0, 0.05) is 26.2 Å². The van der Waals surface area contributed by atoms with E-state index in [-0.39, 0.29) is 11.9 Å². The van der Waals surface area contributed by atoms with E-state index in [0.29, 0.717) is 0 Å². The molecule has 0 aromatic heterocycles. The summed E-state index contributed by atoms with van der Waals surface area (Å²) in [6.07, 6.45) is 0. The van der Waals surface area contributed by atoms with Crippen LogP contribution in [-0.2, 0) is 0 Å². The molecule has 1 heterocycles. The maximum Gasteiger partial charge on any atom is 0.156 e. The normalized spacial score (nSPS) is 23.9. The van der Waals surface area contributed by atoms with Crippen molar-refractivity contribution >= 4 is 5.84 Å². The SMILES string of the molecule is CC(C(N)=NO)N1CCNCC1. The largest absolute Gasteiger partial charge is 0.409 e. The summed E-state index contributed by atoms with van der Waals surface area (Å²) in [7, 11) is 0. The van der Waals surface area contributed by atoms with Crippen molar-refractivity contribution in [2.75, 3.05) is 26.2 Å². The first kappa shape index (κ1) is 9.28. The Hall–Kier alpha value is -0.810. The molecule has 0 aromatic rings. The Morgan fingerprint density at radius 1 is 1.58 bits per heavy atom. The van der Waals surface area contributed by atoms with Crippen LogP contribution in [0, 0.1) is 0 Å². The van der Waals surface area contributed by atoms with E-state index in [9.17, 15) is 0 Å². The zero-order chi connectivity index (χ0) is 8.97. The molecule has 1 atom stereocenters. The summed E-state index contributed by atoms with van der Waals surface area (Å²) < 4.78 is 0. The Morgan fingerprint density at radius 3 is 2.67 bits per heavy atom. The zero-order valence-electron chi connectivity index (χ0n) is 7.32. The molecule has 1 saturated heterocycles. The number of piperazine rings is 1. The van der Waals surface area contributed by atoms with Gasteiger partial charge in [-0.25, -0.2) is 0 Å². The summed E-state index contributed by atoms with van der Waals surface area (Å²) in [5.41, 5.74) is 5.49. The Kier molecular flexibility index (Phi) is 3.31. The minimum atomic E-state index is 0.0390. The third-order valence-electron chi connectivity index (χ3n) is 2.24. The van der Waals surface area contributed by atoms with Crippen LogP contribution in [0.1, 0.15) is 6.92 Å². The van der Waals surface area contributed by atoms with E-state index < -0.39 is 0 Å². The van der Waals surface area contributed by atoms with Crippen LogP contribution in [0.15, 0.2) is 5.16 Å². The average Bonchev–Trinajstić information content (AvgIpc) is 2.17. The molecule has 0 spiro atoms. The molecule has 1 rings (SSSR count). The fourth-order valence-corrected chi connectivity index (χ4v) is 1.34. The smallest absolute Gasteiger partial charge is 0.156 e. The molecular weight excluding hydrogens is 156 g/mol. The molecular formula is C7H16N4O. The quantitative estimate of drug-likeness (QED) is 0.217. The maximum atomic E-state index is 8.46. The third kappa shape index (κ3) is 2.09. The van der Waals surface area contributed by atoms with Gasteiger partial charge in [0.1, 0.15) is 0 Å². The van der Waals surface area contributed by atoms with Gasteiger partial charge in [-0.1, -0.05) is 5.16 Å². The van der Waals surface area contributed by atoms with Gasteiger partial charge in [-0.3, -0.25) is 4.90 Å². The molecule has 0 radical (unpaired) electrons. The first-order valence-electron chi connectivity index (χ1n) is 4.18. The fourth-order valence-electron chi connectivity index (χ4n) is 1.34. The van der Waals surface area contributed by atoms with E-state index in [2.05, 4.69) is 15.4 Å². The van der Waals surface area contributed by atoms with Gasteiger partial charge in [0.25, 0.3) is 0 Å². The zero-order valence-corrected chi connectivity index (χ0v) is 7.32. The van der Waals surface area contributed by atoms with Crippen LogP contribution in [0.2, 0.25) is 0 Å². The van der Waals surface area contributed by atoms with Gasteiger partial charge in [0.2, 0.25) is 0 Å². The van der Waals surface area contributed by atoms with E-state index in [1.54, 1.807) is 0 Å². The van der Waals surface area contributed by atoms with Crippen LogP contribution in [0.3, 0.4) is 0 Å². The van der Waals surface area contributed by atoms with Crippen molar-refractivity contribution in [1.82, 2.24) is 10.2 Å². The second kappa shape index (κ2) is 4.27. The van der Waals surface area contributed by atoms with Crippen molar-refractivity contribution in [1.29, 1.82) is 0 Å². The van der Waals surface area contributed by atoms with Crippen LogP contribution in [0.5, 0.6) is 0 Å². The highest BCUT2D eigenvalue weighted by molar-refractivity contribution is 5.84. The second-order valence-corrected chi connectivity index (χ2v) is 2.99. The molecule has 1 unspecified atom stereocenters. The Balaban J connectivity index is 2.44. The van der Waals surface area contributed by atoms with Crippen LogP contribution in [0.4, 0.5) is 0 Å². The predicted molar refractivity (Wildman–Crippen MR) is 47.3 cm³/mol. The summed E-state index contributed by atoms with van der Waals surface area (Å²) in [4.78, 5) is 2.19. The molecule has 0 aromatic carbocycles. The van der Waals surface area contributed by atoms with E-state index in [1.165, 1.54) is 0 Å². The van der Waals surface area contributed by atoms with E-state index in [0.717, 1.165) is 26.2 Å². The fraction of sp³-hybridized carbons (Fsp3) is 0.857. The number of nitrogens with zero attached hydrogens (tertiary/aromatic N) is 2. The van der Waals surface area contributed by atoms with Crippen molar-refractivity contribution in [2.45, 2.75) is 13.0 Å². The molecule has 1 aliphatic rings. The summed E-state index contributed by atoms with van der Waals surface area (Å²) in [6.45, 7) is 5.81. The standard InChI is InChI=1S/C7H16N4O/c1-6(7(8)10-12)11-4-2-9-3-5-11/h6,9,12H,2-5H2,1H3,(H2,8,10). The molecule has 12 heavy (non-hydrogen) atoms. The van der Waals surface area contributed by atoms with Crippen molar-refractivity contribution in [3.63, 3.8) is 0 Å². The summed E-state index contributed by atoms with van der Waals surface area (Å²) in [5, 5.41) is 14.7. The molecule has 5 nitrogen and oxygen atoms in total. The lowest BCUT2D eigenvalue weighted by molar-refractivity contribution is 0.216. The molecule has 0 saturated carbocycles. The molecule has 0 aliphatic carbocycles. The highest BCUT2D eigenvalue weighted by atomic mass is 16.4. The molecule has 70 valence electrons. The van der Waals surface area contributed by atoms with Crippen molar-refractivity contribution in [3.8, 4) is 0 Å². The third-order valence-corrected chi connectivity index (χ3v) is 2.24. The molecule has 0 amide bonds. The van der Waals surface area contributed by atoms with Crippen molar-refractivity contribution in [2.24, 2.45) is 10.9 Å². The van der Waals surface area contributed by atoms with Crippen LogP contribution in [-0.4, -0.2) is 48.2 Å². The van der Waals surface area contributed by atoms with Gasteiger partial charge in [-0.05, 0) is 6.92 Å². The van der Waals surface area contributed by atoms with E-state index in [1.807, 2.05) is 6.92 Å². The predicted octanol–water partition coefficient (Wildman–Crippen LogP) is -0.973. The topological polar surface area (TPSA) is 73.9 Å². The van der Waals surface area contributed by atoms with Gasteiger partial charge in [-0.15, -0.1) is 0 Å². The molecule has 5 heteroatoms. The highest BCUT2D eigenvalue weighted by Crippen LogP contribution is 2.00. The molecule has 4 N–H and O–H groups in total. The first-order chi connectivity index (χ1) is 5.75. The van der Waals surface area contributed by atoms with Gasteiger partial charge >= 0.3 is 0 Å². The first-order valence-corrected chi connectivity index (χ1v) is 4.18. The Bertz CT molecular complexity index is 165. The minimum absolute atomic E-state index is 0.0390. The van der Waals surface area contributed by atoms with E-state index >= 15 is 0 Å². The number of hydrogen-bond donors (Lipinski definition) is 3. The maximum absolute atomic E-state index is 8.46. The summed E-state index contributed by atoms with van der Waals surface area (Å²) in [5.74, 6) is 0.289. The summed E-state index contributed by atoms with van der Waals surface area (Å²) in [6, 6.07) is 0.0390. The number of nitrogens with two attached hydrogens (primary N) is 1. The second-order valence-electron chi connectivity index (χ2n) is 2.99. The van der Waals surface area contributed by atoms with Crippen LogP contribution in [0.25, 0.3) is 0 Å². The lowest BCUT2D eigenvalue weighted by atomic mass is 10.2. The van der Waals surface area contributed by atoms with Gasteiger partial charge in [0.15, 0.2) is 5.84 Å². The lowest BCUT2D eigenvalue weighted by Gasteiger charge is -2.31. The molecule has 0 bridgehead atoms. The number of nitrogens with one attached hydrogen (secondary N) is 1. The van der Waals surface area contributed by atoms with Crippen molar-refractivity contribution < 1.29 is 5.21 Å². The van der Waals surface area contributed by atoms with Gasteiger partial charge in [0.05, 0.1) is 6.04 Å². The Morgan fingerprint density at radius 2 is 2.17 bits per heavy atom. The number of hydrogen-bond acceptors (Lipinski definition) is 4. The van der Waals surface area contributed by atoms with Crippen LogP contribution >= 0.6 is 0 Å². The number of rotatable bonds is 2. The van der Waals surface area contributed by atoms with Gasteiger partial charge in [-0.2, -0.15) is 0 Å². The molecule has 1 fully saturated rings. The van der Waals surface area contributed by atoms with Crippen molar-refractivity contribution in [3.05, 3.63) is 0 Å². The highest BCUT2D eigenvalue weighted by Gasteiger charge is 2.19. The monoisotopic (exact) mass is 172 g/mol. The lowest BCUT2D eigenvalue weighted by Crippen LogP contribution is -2.51. The number of oxime groups is 1. The van der Waals surface area contributed by atoms with Crippen LogP contribution < -0.4 is 11.1 Å². The molecule has 1 aliphatic heterocycles.